The van der Waals surface area contributed by atoms with E-state index in [1.807, 2.05) is 0 Å². The van der Waals surface area contributed by atoms with E-state index in [9.17, 15) is 13.9 Å². The molecule has 0 unspecified atom stereocenters. The lowest BCUT2D eigenvalue weighted by molar-refractivity contribution is 0.125. The van der Waals surface area contributed by atoms with E-state index in [-0.39, 0.29) is 17.9 Å². The number of hydrogen-bond acceptors (Lipinski definition) is 3. The number of fused-ring (bicyclic) bond motifs is 1. The van der Waals surface area contributed by atoms with Crippen molar-refractivity contribution in [2.75, 3.05) is 6.79 Å². The first-order valence-corrected chi connectivity index (χ1v) is 5.05. The van der Waals surface area contributed by atoms with E-state index in [2.05, 4.69) is 0 Å². The van der Waals surface area contributed by atoms with Gasteiger partial charge in [-0.2, -0.15) is 0 Å². The zero-order valence-corrected chi connectivity index (χ0v) is 8.37. The fraction of sp³-hybridized carbons (Fsp3) is 0.455. The first-order valence-electron chi connectivity index (χ1n) is 5.05. The summed E-state index contributed by atoms with van der Waals surface area (Å²) in [4.78, 5) is 0. The number of benzene rings is 1. The van der Waals surface area contributed by atoms with Crippen LogP contribution >= 0.6 is 0 Å². The minimum absolute atomic E-state index is 0.0416. The van der Waals surface area contributed by atoms with Gasteiger partial charge in [0.2, 0.25) is 6.79 Å². The van der Waals surface area contributed by atoms with Crippen molar-refractivity contribution in [3.63, 3.8) is 0 Å². The van der Waals surface area contributed by atoms with Gasteiger partial charge >= 0.3 is 0 Å². The minimum atomic E-state index is -2.62. The average molecular weight is 228 g/mol. The van der Waals surface area contributed by atoms with Crippen LogP contribution in [0.3, 0.4) is 0 Å². The Morgan fingerprint density at radius 3 is 2.38 bits per heavy atom. The van der Waals surface area contributed by atoms with E-state index in [4.69, 9.17) is 9.47 Å². The predicted molar refractivity (Wildman–Crippen MR) is 50.7 cm³/mol. The van der Waals surface area contributed by atoms with Crippen LogP contribution < -0.4 is 9.47 Å². The van der Waals surface area contributed by atoms with E-state index in [0.29, 0.717) is 24.3 Å². The van der Waals surface area contributed by atoms with Crippen molar-refractivity contribution < 1.29 is 23.4 Å². The molecule has 16 heavy (non-hydrogen) atoms. The Hall–Kier alpha value is -1.36. The summed E-state index contributed by atoms with van der Waals surface area (Å²) < 4.78 is 35.9. The van der Waals surface area contributed by atoms with Gasteiger partial charge in [0, 0.05) is 5.56 Å². The fourth-order valence-corrected chi connectivity index (χ4v) is 1.93. The van der Waals surface area contributed by atoms with Crippen LogP contribution in [0.5, 0.6) is 11.5 Å². The Balaban J connectivity index is 2.14. The summed E-state index contributed by atoms with van der Waals surface area (Å²) >= 11 is 0. The second kappa shape index (κ2) is 3.07. The smallest absolute Gasteiger partial charge is 0.264 e. The van der Waals surface area contributed by atoms with Gasteiger partial charge in [0.25, 0.3) is 6.43 Å². The van der Waals surface area contributed by atoms with Crippen LogP contribution in [-0.2, 0) is 5.60 Å². The van der Waals surface area contributed by atoms with Crippen molar-refractivity contribution in [2.24, 2.45) is 0 Å². The summed E-state index contributed by atoms with van der Waals surface area (Å²) in [6.07, 6.45) is -1.58. The molecule has 0 atom stereocenters. The van der Waals surface area contributed by atoms with Gasteiger partial charge in [-0.15, -0.1) is 0 Å². The number of alkyl halides is 2. The molecule has 5 heteroatoms. The number of hydrogen-bond donors (Lipinski definition) is 1. The Labute approximate surface area is 90.6 Å². The largest absolute Gasteiger partial charge is 0.454 e. The highest BCUT2D eigenvalue weighted by atomic mass is 19.3. The molecule has 1 heterocycles. The average Bonchev–Trinajstić information content (AvgIpc) is 2.84. The highest BCUT2D eigenvalue weighted by Gasteiger charge is 2.45. The van der Waals surface area contributed by atoms with Crippen molar-refractivity contribution in [1.82, 2.24) is 0 Å². The van der Waals surface area contributed by atoms with E-state index in [1.165, 1.54) is 12.1 Å². The summed E-state index contributed by atoms with van der Waals surface area (Å²) in [5, 5.41) is 9.93. The zero-order valence-electron chi connectivity index (χ0n) is 8.37. The Morgan fingerprint density at radius 2 is 1.81 bits per heavy atom. The third kappa shape index (κ3) is 1.35. The summed E-state index contributed by atoms with van der Waals surface area (Å²) in [6, 6.07) is 2.73. The van der Waals surface area contributed by atoms with Gasteiger partial charge in [-0.3, -0.25) is 0 Å². The van der Waals surface area contributed by atoms with Crippen LogP contribution in [0.15, 0.2) is 12.1 Å². The lowest BCUT2D eigenvalue weighted by Crippen LogP contribution is -2.08. The van der Waals surface area contributed by atoms with Gasteiger partial charge in [-0.05, 0) is 30.5 Å². The third-order valence-electron chi connectivity index (χ3n) is 3.00. The SMILES string of the molecule is OC1(c2cc3c(cc2C(F)F)OCO3)CC1. The van der Waals surface area contributed by atoms with Crippen molar-refractivity contribution in [3.8, 4) is 11.5 Å². The molecule has 3 rings (SSSR count). The molecule has 0 saturated heterocycles. The standard InChI is InChI=1S/C11H10F2O3/c12-10(13)6-3-8-9(16-5-15-8)4-7(6)11(14)1-2-11/h3-4,10,14H,1-2,5H2. The highest BCUT2D eigenvalue weighted by molar-refractivity contribution is 5.52. The van der Waals surface area contributed by atoms with Crippen LogP contribution in [0.2, 0.25) is 0 Å². The van der Waals surface area contributed by atoms with Gasteiger partial charge in [-0.25, -0.2) is 8.78 Å². The molecule has 1 N–H and O–H groups in total. The molecular weight excluding hydrogens is 218 g/mol. The third-order valence-corrected chi connectivity index (χ3v) is 3.00. The molecule has 0 bridgehead atoms. The number of aliphatic hydroxyl groups is 1. The van der Waals surface area contributed by atoms with Crippen molar-refractivity contribution in [1.29, 1.82) is 0 Å². The molecule has 1 aromatic carbocycles. The number of halogens is 2. The van der Waals surface area contributed by atoms with Gasteiger partial charge in [0.15, 0.2) is 11.5 Å². The van der Waals surface area contributed by atoms with E-state index in [1.54, 1.807) is 0 Å². The lowest BCUT2D eigenvalue weighted by Gasteiger charge is -2.14. The Bertz CT molecular complexity index is 441. The van der Waals surface area contributed by atoms with E-state index >= 15 is 0 Å². The molecule has 3 nitrogen and oxygen atoms in total. The molecule has 1 aliphatic heterocycles. The molecule has 1 fully saturated rings. The normalized spacial score (nSPS) is 20.2. The first kappa shape index (κ1) is 9.84. The van der Waals surface area contributed by atoms with Crippen LogP contribution in [-0.4, -0.2) is 11.9 Å². The maximum absolute atomic E-state index is 12.8. The molecule has 0 spiro atoms. The van der Waals surface area contributed by atoms with Crippen molar-refractivity contribution in [2.45, 2.75) is 24.9 Å². The van der Waals surface area contributed by atoms with Crippen LogP contribution in [0.25, 0.3) is 0 Å². The van der Waals surface area contributed by atoms with E-state index < -0.39 is 12.0 Å². The molecule has 0 amide bonds. The minimum Gasteiger partial charge on any atom is -0.454 e. The Kier molecular flexibility index (Phi) is 1.89. The molecule has 1 aliphatic carbocycles. The number of ether oxygens (including phenoxy) is 2. The predicted octanol–water partition coefficient (Wildman–Crippen LogP) is 2.33. The summed E-state index contributed by atoms with van der Waals surface area (Å²) in [5.41, 5.74) is -0.983. The topological polar surface area (TPSA) is 38.7 Å². The molecule has 1 aromatic rings. The van der Waals surface area contributed by atoms with Crippen molar-refractivity contribution >= 4 is 0 Å². The van der Waals surface area contributed by atoms with Crippen LogP contribution in [0.4, 0.5) is 8.78 Å². The fourth-order valence-electron chi connectivity index (χ4n) is 1.93. The van der Waals surface area contributed by atoms with Gasteiger partial charge in [0.1, 0.15) is 0 Å². The maximum atomic E-state index is 12.8. The van der Waals surface area contributed by atoms with Gasteiger partial charge < -0.3 is 14.6 Å². The molecule has 1 saturated carbocycles. The molecule has 0 radical (unpaired) electrons. The Morgan fingerprint density at radius 1 is 1.19 bits per heavy atom. The zero-order chi connectivity index (χ0) is 11.3. The highest BCUT2D eigenvalue weighted by Crippen LogP contribution is 2.51. The number of rotatable bonds is 2. The second-order valence-corrected chi connectivity index (χ2v) is 4.13. The van der Waals surface area contributed by atoms with Gasteiger partial charge in [0.05, 0.1) is 5.60 Å². The molecule has 86 valence electrons. The van der Waals surface area contributed by atoms with Crippen molar-refractivity contribution in [3.05, 3.63) is 23.3 Å². The molecular formula is C11H10F2O3. The monoisotopic (exact) mass is 228 g/mol. The summed E-state index contributed by atoms with van der Waals surface area (Å²) in [7, 11) is 0. The summed E-state index contributed by atoms with van der Waals surface area (Å²) in [6.45, 7) is 0.0416. The second-order valence-electron chi connectivity index (χ2n) is 4.13. The summed E-state index contributed by atoms with van der Waals surface area (Å²) in [5.74, 6) is 0.753. The quantitative estimate of drug-likeness (QED) is 0.844. The van der Waals surface area contributed by atoms with Gasteiger partial charge in [-0.1, -0.05) is 0 Å². The van der Waals surface area contributed by atoms with Crippen LogP contribution in [0.1, 0.15) is 30.4 Å². The van der Waals surface area contributed by atoms with E-state index in [0.717, 1.165) is 0 Å². The molecule has 0 aromatic heterocycles. The lowest BCUT2D eigenvalue weighted by atomic mass is 10.00. The first-order chi connectivity index (χ1) is 7.60. The molecule has 2 aliphatic rings. The maximum Gasteiger partial charge on any atom is 0.264 e. The van der Waals surface area contributed by atoms with Crippen LogP contribution in [0, 0.1) is 0 Å².